The van der Waals surface area contributed by atoms with Gasteiger partial charge in [0.25, 0.3) is 0 Å². The zero-order valence-corrected chi connectivity index (χ0v) is 9.11. The van der Waals surface area contributed by atoms with Gasteiger partial charge in [0.1, 0.15) is 17.4 Å². The molecule has 16 heavy (non-hydrogen) atoms. The second-order valence-electron chi connectivity index (χ2n) is 2.98. The van der Waals surface area contributed by atoms with E-state index in [4.69, 9.17) is 27.1 Å². The Labute approximate surface area is 97.2 Å². The molecular formula is C10H9N3O2S. The first-order chi connectivity index (χ1) is 7.77. The fourth-order valence-corrected chi connectivity index (χ4v) is 1.30. The first kappa shape index (κ1) is 10.6. The summed E-state index contributed by atoms with van der Waals surface area (Å²) in [7, 11) is 0. The Morgan fingerprint density at radius 3 is 3.06 bits per heavy atom. The first-order valence-corrected chi connectivity index (χ1v) is 4.95. The summed E-state index contributed by atoms with van der Waals surface area (Å²) in [5, 5.41) is 7.52. The van der Waals surface area contributed by atoms with Gasteiger partial charge in [0.2, 0.25) is 5.88 Å². The molecule has 0 aliphatic rings. The number of aromatic nitrogens is 2. The van der Waals surface area contributed by atoms with E-state index in [1.807, 2.05) is 0 Å². The van der Waals surface area contributed by atoms with E-state index in [0.29, 0.717) is 17.2 Å². The second-order valence-corrected chi connectivity index (χ2v) is 3.42. The van der Waals surface area contributed by atoms with Crippen molar-refractivity contribution in [2.45, 2.75) is 6.61 Å². The summed E-state index contributed by atoms with van der Waals surface area (Å²) in [6, 6.07) is 5.24. The van der Waals surface area contributed by atoms with Crippen LogP contribution in [0, 0.1) is 0 Å². The molecule has 0 radical (unpaired) electrons. The molecule has 2 N–H and O–H groups in total. The fraction of sp³-hybridized carbons (Fsp3) is 0.100. The molecule has 0 atom stereocenters. The molecule has 0 bridgehead atoms. The Morgan fingerprint density at radius 2 is 2.38 bits per heavy atom. The van der Waals surface area contributed by atoms with E-state index in [1.54, 1.807) is 24.5 Å². The van der Waals surface area contributed by atoms with E-state index < -0.39 is 0 Å². The molecule has 2 aromatic heterocycles. The van der Waals surface area contributed by atoms with Crippen LogP contribution in [-0.4, -0.2) is 15.2 Å². The van der Waals surface area contributed by atoms with Crippen molar-refractivity contribution in [3.05, 3.63) is 42.0 Å². The van der Waals surface area contributed by atoms with Crippen molar-refractivity contribution in [1.29, 1.82) is 0 Å². The molecule has 2 rings (SSSR count). The Bertz CT molecular complexity index is 485. The highest BCUT2D eigenvalue weighted by Gasteiger charge is 2.08. The lowest BCUT2D eigenvalue weighted by Gasteiger charge is -2.06. The standard InChI is InChI=1S/C10H9N3O2S/c11-9(16)8-3-4-12-13-10(8)15-6-7-2-1-5-14-7/h1-5H,6H2,(H2,11,16). The van der Waals surface area contributed by atoms with Gasteiger partial charge in [-0.05, 0) is 18.2 Å². The lowest BCUT2D eigenvalue weighted by Crippen LogP contribution is -2.13. The van der Waals surface area contributed by atoms with Crippen LogP contribution in [0.5, 0.6) is 5.88 Å². The van der Waals surface area contributed by atoms with Crippen LogP contribution < -0.4 is 10.5 Å². The molecule has 2 heterocycles. The van der Waals surface area contributed by atoms with Gasteiger partial charge >= 0.3 is 0 Å². The maximum absolute atomic E-state index is 5.52. The van der Waals surface area contributed by atoms with Crippen molar-refractivity contribution in [3.63, 3.8) is 0 Å². The molecule has 0 saturated heterocycles. The quantitative estimate of drug-likeness (QED) is 0.805. The Balaban J connectivity index is 2.12. The molecule has 2 aromatic rings. The van der Waals surface area contributed by atoms with Gasteiger partial charge in [-0.3, -0.25) is 0 Å². The van der Waals surface area contributed by atoms with Crippen LogP contribution in [0.2, 0.25) is 0 Å². The van der Waals surface area contributed by atoms with Crippen LogP contribution in [-0.2, 0) is 6.61 Å². The SMILES string of the molecule is NC(=S)c1ccnnc1OCc1ccco1. The van der Waals surface area contributed by atoms with E-state index in [2.05, 4.69) is 10.2 Å². The lowest BCUT2D eigenvalue weighted by atomic mass is 10.3. The van der Waals surface area contributed by atoms with Gasteiger partial charge in [-0.1, -0.05) is 12.2 Å². The van der Waals surface area contributed by atoms with E-state index in [9.17, 15) is 0 Å². The third-order valence-corrected chi connectivity index (χ3v) is 2.10. The largest absolute Gasteiger partial charge is 0.468 e. The summed E-state index contributed by atoms with van der Waals surface area (Å²) in [4.78, 5) is 0.226. The molecule has 0 aliphatic carbocycles. The number of hydrogen-bond acceptors (Lipinski definition) is 5. The maximum atomic E-state index is 5.52. The molecule has 0 unspecified atom stereocenters. The smallest absolute Gasteiger partial charge is 0.244 e. The van der Waals surface area contributed by atoms with Gasteiger partial charge in [0.05, 0.1) is 18.0 Å². The van der Waals surface area contributed by atoms with Gasteiger partial charge in [0.15, 0.2) is 0 Å². The van der Waals surface area contributed by atoms with Gasteiger partial charge in [-0.15, -0.1) is 5.10 Å². The van der Waals surface area contributed by atoms with Crippen molar-refractivity contribution in [1.82, 2.24) is 10.2 Å². The summed E-state index contributed by atoms with van der Waals surface area (Å²) in [6.45, 7) is 0.265. The van der Waals surface area contributed by atoms with Crippen molar-refractivity contribution in [2.75, 3.05) is 0 Å². The minimum Gasteiger partial charge on any atom is -0.468 e. The zero-order chi connectivity index (χ0) is 11.4. The third-order valence-electron chi connectivity index (χ3n) is 1.88. The van der Waals surface area contributed by atoms with Crippen LogP contribution in [0.1, 0.15) is 11.3 Å². The Morgan fingerprint density at radius 1 is 1.50 bits per heavy atom. The molecule has 0 saturated carbocycles. The summed E-state index contributed by atoms with van der Waals surface area (Å²) in [5.74, 6) is 1.01. The predicted octanol–water partition coefficient (Wildman–Crippen LogP) is 1.28. The van der Waals surface area contributed by atoms with Crippen LogP contribution in [0.25, 0.3) is 0 Å². The molecule has 0 aromatic carbocycles. The van der Waals surface area contributed by atoms with Crippen LogP contribution in [0.3, 0.4) is 0 Å². The third kappa shape index (κ3) is 2.34. The van der Waals surface area contributed by atoms with Crippen LogP contribution >= 0.6 is 12.2 Å². The molecular weight excluding hydrogens is 226 g/mol. The average Bonchev–Trinajstić information content (AvgIpc) is 2.79. The highest BCUT2D eigenvalue weighted by molar-refractivity contribution is 7.80. The average molecular weight is 235 g/mol. The van der Waals surface area contributed by atoms with Crippen LogP contribution in [0.4, 0.5) is 0 Å². The van der Waals surface area contributed by atoms with Crippen molar-refractivity contribution < 1.29 is 9.15 Å². The van der Waals surface area contributed by atoms with E-state index in [1.165, 1.54) is 6.20 Å². The summed E-state index contributed by atoms with van der Waals surface area (Å²) < 4.78 is 10.5. The Kier molecular flexibility index (Phi) is 3.11. The Hall–Kier alpha value is -1.95. The molecule has 0 amide bonds. The zero-order valence-electron chi connectivity index (χ0n) is 8.29. The van der Waals surface area contributed by atoms with Gasteiger partial charge < -0.3 is 14.9 Å². The van der Waals surface area contributed by atoms with Crippen molar-refractivity contribution in [2.24, 2.45) is 5.73 Å². The summed E-state index contributed by atoms with van der Waals surface area (Å²) in [5.41, 5.74) is 6.09. The number of ether oxygens (including phenoxy) is 1. The molecule has 0 aliphatic heterocycles. The number of furan rings is 1. The minimum absolute atomic E-state index is 0.226. The molecule has 0 fully saturated rings. The molecule has 5 nitrogen and oxygen atoms in total. The second kappa shape index (κ2) is 4.71. The van der Waals surface area contributed by atoms with E-state index in [0.717, 1.165) is 0 Å². The summed E-state index contributed by atoms with van der Waals surface area (Å²) >= 11 is 4.87. The summed E-state index contributed by atoms with van der Waals surface area (Å²) in [6.07, 6.45) is 3.08. The number of rotatable bonds is 4. The minimum atomic E-state index is 0.226. The first-order valence-electron chi connectivity index (χ1n) is 4.54. The number of hydrogen-bond donors (Lipinski definition) is 1. The normalized spacial score (nSPS) is 10.0. The topological polar surface area (TPSA) is 74.2 Å². The molecule has 82 valence electrons. The molecule has 0 spiro atoms. The maximum Gasteiger partial charge on any atom is 0.244 e. The number of thiocarbonyl (C=S) groups is 1. The van der Waals surface area contributed by atoms with E-state index in [-0.39, 0.29) is 11.6 Å². The predicted molar refractivity (Wildman–Crippen MR) is 61.0 cm³/mol. The van der Waals surface area contributed by atoms with Gasteiger partial charge in [0, 0.05) is 0 Å². The van der Waals surface area contributed by atoms with Crippen LogP contribution in [0.15, 0.2) is 35.1 Å². The molecule has 6 heteroatoms. The fourth-order valence-electron chi connectivity index (χ4n) is 1.15. The van der Waals surface area contributed by atoms with Gasteiger partial charge in [-0.25, -0.2) is 0 Å². The van der Waals surface area contributed by atoms with Crippen molar-refractivity contribution in [3.8, 4) is 5.88 Å². The van der Waals surface area contributed by atoms with Gasteiger partial charge in [-0.2, -0.15) is 5.10 Å². The highest BCUT2D eigenvalue weighted by atomic mass is 32.1. The highest BCUT2D eigenvalue weighted by Crippen LogP contribution is 2.14. The van der Waals surface area contributed by atoms with Crippen molar-refractivity contribution >= 4 is 17.2 Å². The van der Waals surface area contributed by atoms with E-state index >= 15 is 0 Å². The number of nitrogens with two attached hydrogens (primary N) is 1. The monoisotopic (exact) mass is 235 g/mol. The number of nitrogens with zero attached hydrogens (tertiary/aromatic N) is 2. The lowest BCUT2D eigenvalue weighted by molar-refractivity contribution is 0.257.